The molecule has 6 nitrogen and oxygen atoms in total. The molecule has 0 aliphatic carbocycles. The maximum Gasteiger partial charge on any atom is 0.321 e. The van der Waals surface area contributed by atoms with Crippen LogP contribution in [0.15, 0.2) is 36.7 Å². The summed E-state index contributed by atoms with van der Waals surface area (Å²) in [6.45, 7) is 3.05. The smallest absolute Gasteiger partial charge is 0.321 e. The maximum atomic E-state index is 12.4. The van der Waals surface area contributed by atoms with Gasteiger partial charge in [0.1, 0.15) is 0 Å². The number of amides is 2. The number of hydrogen-bond acceptors (Lipinski definition) is 3. The van der Waals surface area contributed by atoms with Crippen LogP contribution < -0.4 is 5.32 Å². The Kier molecular flexibility index (Phi) is 5.06. The second-order valence-corrected chi connectivity index (χ2v) is 6.54. The van der Waals surface area contributed by atoms with Gasteiger partial charge in [0.2, 0.25) is 0 Å². The quantitative estimate of drug-likeness (QED) is 0.895. The molecule has 128 valence electrons. The number of aromatic nitrogens is 2. The summed E-state index contributed by atoms with van der Waals surface area (Å²) >= 11 is 6.30. The lowest BCUT2D eigenvalue weighted by Gasteiger charge is -2.34. The molecule has 1 fully saturated rings. The van der Waals surface area contributed by atoms with E-state index in [0.717, 1.165) is 18.5 Å². The summed E-state index contributed by atoms with van der Waals surface area (Å²) in [7, 11) is 0. The van der Waals surface area contributed by atoms with Gasteiger partial charge in [-0.25, -0.2) is 9.48 Å². The molecule has 7 heteroatoms. The lowest BCUT2D eigenvalue weighted by molar-refractivity contribution is 0.0766. The van der Waals surface area contributed by atoms with Crippen LogP contribution in [0.5, 0.6) is 0 Å². The third kappa shape index (κ3) is 3.71. The highest BCUT2D eigenvalue weighted by molar-refractivity contribution is 6.32. The number of urea groups is 1. The Bertz CT molecular complexity index is 703. The largest absolute Gasteiger partial charge is 0.393 e. The van der Waals surface area contributed by atoms with Crippen LogP contribution in [-0.2, 0) is 0 Å². The normalized spacial score (nSPS) is 19.1. The molecule has 0 saturated carbocycles. The van der Waals surface area contributed by atoms with Crippen molar-refractivity contribution < 1.29 is 9.90 Å². The van der Waals surface area contributed by atoms with Gasteiger partial charge in [0.05, 0.1) is 16.8 Å². The number of nitrogens with one attached hydrogen (secondary N) is 1. The summed E-state index contributed by atoms with van der Waals surface area (Å²) in [5, 5.41) is 17.3. The van der Waals surface area contributed by atoms with Gasteiger partial charge in [0.15, 0.2) is 0 Å². The molecule has 1 saturated heterocycles. The van der Waals surface area contributed by atoms with E-state index in [-0.39, 0.29) is 11.9 Å². The van der Waals surface area contributed by atoms with Crippen LogP contribution >= 0.6 is 11.6 Å². The van der Waals surface area contributed by atoms with Gasteiger partial charge in [0, 0.05) is 37.1 Å². The summed E-state index contributed by atoms with van der Waals surface area (Å²) in [6.07, 6.45) is 4.95. The van der Waals surface area contributed by atoms with E-state index in [1.165, 1.54) is 0 Å². The fourth-order valence-electron chi connectivity index (χ4n) is 2.97. The minimum Gasteiger partial charge on any atom is -0.393 e. The van der Waals surface area contributed by atoms with Crippen LogP contribution in [0.2, 0.25) is 5.02 Å². The standard InChI is InChI=1S/C17H21ClN4O2/c1-12(23)13-4-2-8-21(11-13)17(24)20-14-5-6-16(15(18)10-14)22-9-3-7-19-22/h3,5-7,9-10,12-13,23H,2,4,8,11H2,1H3,(H,20,24). The van der Waals surface area contributed by atoms with Crippen molar-refractivity contribution in [3.63, 3.8) is 0 Å². The molecule has 24 heavy (non-hydrogen) atoms. The summed E-state index contributed by atoms with van der Waals surface area (Å²) in [6, 6.07) is 6.99. The molecule has 2 N–H and O–H groups in total. The van der Waals surface area contributed by atoms with E-state index in [2.05, 4.69) is 10.4 Å². The number of rotatable bonds is 3. The zero-order chi connectivity index (χ0) is 17.1. The predicted octanol–water partition coefficient (Wildman–Crippen LogP) is 3.15. The van der Waals surface area contributed by atoms with Gasteiger partial charge >= 0.3 is 6.03 Å². The first kappa shape index (κ1) is 16.8. The third-order valence-corrected chi connectivity index (χ3v) is 4.68. The molecular weight excluding hydrogens is 328 g/mol. The average molecular weight is 349 g/mol. The summed E-state index contributed by atoms with van der Waals surface area (Å²) in [5.74, 6) is 0.135. The molecule has 2 unspecified atom stereocenters. The van der Waals surface area contributed by atoms with Crippen molar-refractivity contribution in [2.45, 2.75) is 25.9 Å². The Morgan fingerprint density at radius 1 is 1.50 bits per heavy atom. The number of nitrogens with zero attached hydrogens (tertiary/aromatic N) is 3. The molecule has 2 aromatic rings. The van der Waals surface area contributed by atoms with Crippen molar-refractivity contribution in [1.29, 1.82) is 0 Å². The zero-order valence-corrected chi connectivity index (χ0v) is 14.3. The molecule has 2 atom stereocenters. The number of anilines is 1. The third-order valence-electron chi connectivity index (χ3n) is 4.38. The molecule has 0 bridgehead atoms. The van der Waals surface area contributed by atoms with E-state index in [0.29, 0.717) is 23.8 Å². The van der Waals surface area contributed by atoms with Gasteiger partial charge in [-0.3, -0.25) is 0 Å². The van der Waals surface area contributed by atoms with Gasteiger partial charge in [-0.1, -0.05) is 11.6 Å². The number of aliphatic hydroxyl groups is 1. The molecule has 1 aromatic heterocycles. The number of carbonyl (C=O) groups is 1. The molecule has 2 amide bonds. The maximum absolute atomic E-state index is 12.4. The number of hydrogen-bond donors (Lipinski definition) is 2. The number of carbonyl (C=O) groups excluding carboxylic acids is 1. The van der Waals surface area contributed by atoms with Gasteiger partial charge < -0.3 is 15.3 Å². The van der Waals surface area contributed by atoms with E-state index >= 15 is 0 Å². The van der Waals surface area contributed by atoms with Crippen molar-refractivity contribution in [2.75, 3.05) is 18.4 Å². The number of halogens is 1. The van der Waals surface area contributed by atoms with Crippen molar-refractivity contribution in [3.05, 3.63) is 41.7 Å². The van der Waals surface area contributed by atoms with E-state index in [9.17, 15) is 9.90 Å². The first-order valence-electron chi connectivity index (χ1n) is 8.08. The number of piperidine rings is 1. The highest BCUT2D eigenvalue weighted by Gasteiger charge is 2.26. The van der Waals surface area contributed by atoms with E-state index in [1.54, 1.807) is 34.8 Å². The molecule has 0 spiro atoms. The highest BCUT2D eigenvalue weighted by atomic mass is 35.5. The zero-order valence-electron chi connectivity index (χ0n) is 13.5. The van der Waals surface area contributed by atoms with E-state index < -0.39 is 6.10 Å². The van der Waals surface area contributed by atoms with Crippen molar-refractivity contribution >= 4 is 23.3 Å². The van der Waals surface area contributed by atoms with Gasteiger partial charge in [0.25, 0.3) is 0 Å². The Morgan fingerprint density at radius 2 is 2.33 bits per heavy atom. The Hall–Kier alpha value is -2.05. The number of likely N-dealkylation sites (tertiary alicyclic amines) is 1. The lowest BCUT2D eigenvalue weighted by Crippen LogP contribution is -2.44. The first-order chi connectivity index (χ1) is 11.5. The monoisotopic (exact) mass is 348 g/mol. The minimum absolute atomic E-state index is 0.135. The Morgan fingerprint density at radius 3 is 3.00 bits per heavy atom. The fourth-order valence-corrected chi connectivity index (χ4v) is 3.24. The van der Waals surface area contributed by atoms with Crippen LogP contribution in [0.4, 0.5) is 10.5 Å². The number of benzene rings is 1. The van der Waals surface area contributed by atoms with Crippen LogP contribution in [0.25, 0.3) is 5.69 Å². The second kappa shape index (κ2) is 7.23. The van der Waals surface area contributed by atoms with Crippen LogP contribution in [0, 0.1) is 5.92 Å². The summed E-state index contributed by atoms with van der Waals surface area (Å²) < 4.78 is 1.67. The second-order valence-electron chi connectivity index (χ2n) is 6.14. The SMILES string of the molecule is CC(O)C1CCCN(C(=O)Nc2ccc(-n3cccn3)c(Cl)c2)C1. The first-order valence-corrected chi connectivity index (χ1v) is 8.46. The fraction of sp³-hybridized carbons (Fsp3) is 0.412. The van der Waals surface area contributed by atoms with Gasteiger partial charge in [-0.15, -0.1) is 0 Å². The van der Waals surface area contributed by atoms with Gasteiger partial charge in [-0.05, 0) is 44.0 Å². The molecule has 3 rings (SSSR count). The molecule has 0 radical (unpaired) electrons. The molecule has 1 aliphatic rings. The molecule has 2 heterocycles. The lowest BCUT2D eigenvalue weighted by atomic mass is 9.94. The van der Waals surface area contributed by atoms with Crippen molar-refractivity contribution in [1.82, 2.24) is 14.7 Å². The molecular formula is C17H21ClN4O2. The Balaban J connectivity index is 1.67. The topological polar surface area (TPSA) is 70.4 Å². The van der Waals surface area contributed by atoms with Crippen LogP contribution in [-0.4, -0.2) is 45.0 Å². The van der Waals surface area contributed by atoms with E-state index in [4.69, 9.17) is 11.6 Å². The van der Waals surface area contributed by atoms with Crippen LogP contribution in [0.3, 0.4) is 0 Å². The predicted molar refractivity (Wildman–Crippen MR) is 93.6 cm³/mol. The molecule has 1 aromatic carbocycles. The molecule has 1 aliphatic heterocycles. The Labute approximate surface area is 146 Å². The van der Waals surface area contributed by atoms with E-state index in [1.807, 2.05) is 18.3 Å². The van der Waals surface area contributed by atoms with Gasteiger partial charge in [-0.2, -0.15) is 5.10 Å². The summed E-state index contributed by atoms with van der Waals surface area (Å²) in [4.78, 5) is 14.2. The van der Waals surface area contributed by atoms with Crippen LogP contribution in [0.1, 0.15) is 19.8 Å². The average Bonchev–Trinajstić information content (AvgIpc) is 3.09. The van der Waals surface area contributed by atoms with Crippen molar-refractivity contribution in [3.8, 4) is 5.69 Å². The minimum atomic E-state index is -0.400. The number of aliphatic hydroxyl groups excluding tert-OH is 1. The van der Waals surface area contributed by atoms with Crippen molar-refractivity contribution in [2.24, 2.45) is 5.92 Å². The highest BCUT2D eigenvalue weighted by Crippen LogP contribution is 2.25. The summed E-state index contributed by atoms with van der Waals surface area (Å²) in [5.41, 5.74) is 1.40.